The quantitative estimate of drug-likeness (QED) is 0.825. The third-order valence-electron chi connectivity index (χ3n) is 5.29. The fourth-order valence-electron chi connectivity index (χ4n) is 4.09. The highest BCUT2D eigenvalue weighted by molar-refractivity contribution is 5.97. The minimum Gasteiger partial charge on any atom is -0.435 e. The van der Waals surface area contributed by atoms with Crippen molar-refractivity contribution >= 4 is 11.5 Å². The predicted molar refractivity (Wildman–Crippen MR) is 99.4 cm³/mol. The van der Waals surface area contributed by atoms with Crippen molar-refractivity contribution in [2.24, 2.45) is 0 Å². The Kier molecular flexibility index (Phi) is 4.83. The first-order valence-electron chi connectivity index (χ1n) is 9.32. The molecule has 2 aliphatic heterocycles. The standard InChI is InChI=1S/C21H23F2N2O2/c22-20(23)27-18-12-10-16(11-13-18)21(26)15-24-14-6-2-5-9-19(24)25(21)17-7-3-1-4-8-17/h1,3-4,7-8,10-13,20,26H,2,5-6,9,14-15H2/q+1/t21-/m1/s1. The van der Waals surface area contributed by atoms with Crippen LogP contribution in [-0.4, -0.2) is 35.2 Å². The largest absolute Gasteiger partial charge is 0.435 e. The van der Waals surface area contributed by atoms with Gasteiger partial charge in [0.15, 0.2) is 6.54 Å². The highest BCUT2D eigenvalue weighted by atomic mass is 19.3. The molecule has 0 fully saturated rings. The summed E-state index contributed by atoms with van der Waals surface area (Å²) in [6.07, 6.45) is 4.28. The lowest BCUT2D eigenvalue weighted by Gasteiger charge is -2.29. The number of ether oxygens (including phenoxy) is 1. The first-order chi connectivity index (χ1) is 13.1. The van der Waals surface area contributed by atoms with Gasteiger partial charge in [-0.1, -0.05) is 18.2 Å². The molecule has 0 aliphatic carbocycles. The topological polar surface area (TPSA) is 35.7 Å². The second kappa shape index (κ2) is 7.27. The van der Waals surface area contributed by atoms with Gasteiger partial charge in [0.1, 0.15) is 11.4 Å². The van der Waals surface area contributed by atoms with Gasteiger partial charge in [0.25, 0.3) is 11.6 Å². The van der Waals surface area contributed by atoms with Crippen LogP contribution in [-0.2, 0) is 5.72 Å². The number of aliphatic hydroxyl groups is 1. The van der Waals surface area contributed by atoms with Crippen molar-refractivity contribution in [3.05, 3.63) is 60.2 Å². The number of rotatable bonds is 4. The van der Waals surface area contributed by atoms with Crippen molar-refractivity contribution in [2.45, 2.75) is 38.0 Å². The van der Waals surface area contributed by atoms with Crippen molar-refractivity contribution in [1.82, 2.24) is 0 Å². The van der Waals surface area contributed by atoms with Crippen LogP contribution in [0.15, 0.2) is 54.6 Å². The summed E-state index contributed by atoms with van der Waals surface area (Å²) in [4.78, 5) is 2.00. The lowest BCUT2D eigenvalue weighted by atomic mass is 9.99. The van der Waals surface area contributed by atoms with E-state index in [0.717, 1.165) is 37.3 Å². The number of para-hydroxylation sites is 1. The van der Waals surface area contributed by atoms with E-state index in [-0.39, 0.29) is 5.75 Å². The second-order valence-corrected chi connectivity index (χ2v) is 7.04. The molecule has 27 heavy (non-hydrogen) atoms. The predicted octanol–water partition coefficient (Wildman–Crippen LogP) is 3.94. The molecule has 0 spiro atoms. The zero-order chi connectivity index (χ0) is 18.9. The van der Waals surface area contributed by atoms with Crippen LogP contribution in [0.5, 0.6) is 5.75 Å². The molecule has 1 atom stereocenters. The SMILES string of the molecule is O[C@@]1(c2ccc(OC(F)F)cc2)C[N+]2=C(CCCCC2)N1c1ccccc1. The van der Waals surface area contributed by atoms with Crippen molar-refractivity contribution < 1.29 is 23.2 Å². The lowest BCUT2D eigenvalue weighted by molar-refractivity contribution is -0.534. The molecule has 2 aromatic carbocycles. The van der Waals surface area contributed by atoms with Gasteiger partial charge in [-0.15, -0.1) is 0 Å². The fraction of sp³-hybridized carbons (Fsp3) is 0.381. The molecule has 4 rings (SSSR count). The van der Waals surface area contributed by atoms with E-state index in [9.17, 15) is 13.9 Å². The second-order valence-electron chi connectivity index (χ2n) is 7.04. The molecule has 6 heteroatoms. The molecule has 0 amide bonds. The molecule has 0 radical (unpaired) electrons. The van der Waals surface area contributed by atoms with E-state index >= 15 is 0 Å². The first kappa shape index (κ1) is 17.9. The zero-order valence-electron chi connectivity index (χ0n) is 15.0. The molecular formula is C21H23F2N2O2+. The Labute approximate surface area is 157 Å². The van der Waals surface area contributed by atoms with Gasteiger partial charge >= 0.3 is 6.61 Å². The number of hydrogen-bond acceptors (Lipinski definition) is 3. The number of benzene rings is 2. The maximum absolute atomic E-state index is 12.4. The van der Waals surface area contributed by atoms with Gasteiger partial charge in [-0.2, -0.15) is 13.7 Å². The van der Waals surface area contributed by atoms with E-state index in [1.165, 1.54) is 18.6 Å². The summed E-state index contributed by atoms with van der Waals surface area (Å²) < 4.78 is 31.6. The molecule has 2 aromatic rings. The summed E-state index contributed by atoms with van der Waals surface area (Å²) in [6.45, 7) is -1.50. The molecule has 2 heterocycles. The fourth-order valence-corrected chi connectivity index (χ4v) is 4.09. The van der Waals surface area contributed by atoms with E-state index in [0.29, 0.717) is 12.1 Å². The highest BCUT2D eigenvalue weighted by Gasteiger charge is 2.53. The zero-order valence-corrected chi connectivity index (χ0v) is 15.0. The molecule has 2 aliphatic rings. The molecule has 0 saturated heterocycles. The Morgan fingerprint density at radius 3 is 2.44 bits per heavy atom. The Balaban J connectivity index is 1.73. The smallest absolute Gasteiger partial charge is 0.387 e. The Hall–Kier alpha value is -2.47. The van der Waals surface area contributed by atoms with E-state index in [1.54, 1.807) is 12.1 Å². The minimum absolute atomic E-state index is 0.0868. The van der Waals surface area contributed by atoms with Crippen LogP contribution in [0.3, 0.4) is 0 Å². The summed E-state index contributed by atoms with van der Waals surface area (Å²) >= 11 is 0. The maximum atomic E-state index is 12.4. The van der Waals surface area contributed by atoms with Crippen LogP contribution in [0.4, 0.5) is 14.5 Å². The molecule has 4 nitrogen and oxygen atoms in total. The van der Waals surface area contributed by atoms with Crippen LogP contribution in [0.2, 0.25) is 0 Å². The van der Waals surface area contributed by atoms with Gasteiger partial charge in [0, 0.05) is 12.0 Å². The Morgan fingerprint density at radius 2 is 1.74 bits per heavy atom. The monoisotopic (exact) mass is 373 g/mol. The summed E-state index contributed by atoms with van der Waals surface area (Å²) in [5, 5.41) is 11.7. The third kappa shape index (κ3) is 3.41. The van der Waals surface area contributed by atoms with E-state index in [4.69, 9.17) is 0 Å². The van der Waals surface area contributed by atoms with Crippen molar-refractivity contribution in [1.29, 1.82) is 0 Å². The van der Waals surface area contributed by atoms with Crippen LogP contribution in [0.25, 0.3) is 0 Å². The van der Waals surface area contributed by atoms with Gasteiger partial charge < -0.3 is 9.84 Å². The molecule has 0 saturated carbocycles. The van der Waals surface area contributed by atoms with Crippen molar-refractivity contribution in [2.75, 3.05) is 18.0 Å². The van der Waals surface area contributed by atoms with E-state index < -0.39 is 12.3 Å². The molecule has 142 valence electrons. The normalized spacial score (nSPS) is 22.7. The van der Waals surface area contributed by atoms with Crippen LogP contribution < -0.4 is 9.64 Å². The van der Waals surface area contributed by atoms with E-state index in [1.807, 2.05) is 35.2 Å². The minimum atomic E-state index is -2.86. The molecule has 0 bridgehead atoms. The van der Waals surface area contributed by atoms with Crippen LogP contribution in [0, 0.1) is 0 Å². The summed E-state index contributed by atoms with van der Waals surface area (Å²) in [7, 11) is 0. The Morgan fingerprint density at radius 1 is 1.00 bits per heavy atom. The van der Waals surface area contributed by atoms with Crippen molar-refractivity contribution in [3.8, 4) is 5.75 Å². The Bertz CT molecular complexity index is 824. The summed E-state index contributed by atoms with van der Waals surface area (Å²) in [5.41, 5.74) is 0.332. The number of amidine groups is 1. The van der Waals surface area contributed by atoms with Gasteiger partial charge in [-0.3, -0.25) is 4.58 Å². The maximum Gasteiger partial charge on any atom is 0.387 e. The highest BCUT2D eigenvalue weighted by Crippen LogP contribution is 2.38. The van der Waals surface area contributed by atoms with Crippen LogP contribution >= 0.6 is 0 Å². The average molecular weight is 373 g/mol. The van der Waals surface area contributed by atoms with E-state index in [2.05, 4.69) is 9.31 Å². The lowest BCUT2D eigenvalue weighted by Crippen LogP contribution is -2.47. The number of hydrogen-bond donors (Lipinski definition) is 1. The average Bonchev–Trinajstić information content (AvgIpc) is 2.78. The first-order valence-corrected chi connectivity index (χ1v) is 9.32. The van der Waals surface area contributed by atoms with Gasteiger partial charge in [0.2, 0.25) is 0 Å². The number of alkyl halides is 2. The molecule has 0 aromatic heterocycles. The third-order valence-corrected chi connectivity index (χ3v) is 5.29. The molecular weight excluding hydrogens is 350 g/mol. The van der Waals surface area contributed by atoms with Gasteiger partial charge in [-0.25, -0.2) is 0 Å². The number of nitrogens with zero attached hydrogens (tertiary/aromatic N) is 2. The summed E-state index contributed by atoms with van der Waals surface area (Å²) in [6, 6.07) is 16.1. The summed E-state index contributed by atoms with van der Waals surface area (Å²) in [5.74, 6) is 1.21. The van der Waals surface area contributed by atoms with Gasteiger partial charge in [0.05, 0.1) is 6.54 Å². The van der Waals surface area contributed by atoms with Crippen LogP contribution in [0.1, 0.15) is 31.2 Å². The molecule has 0 unspecified atom stereocenters. The van der Waals surface area contributed by atoms with Crippen molar-refractivity contribution in [3.63, 3.8) is 0 Å². The molecule has 1 N–H and O–H groups in total. The number of anilines is 1. The number of halogens is 2. The van der Waals surface area contributed by atoms with Gasteiger partial charge in [-0.05, 0) is 55.7 Å².